The van der Waals surface area contributed by atoms with E-state index >= 15 is 0 Å². The summed E-state index contributed by atoms with van der Waals surface area (Å²) in [6, 6.07) is 5.75. The first-order valence-electron chi connectivity index (χ1n) is 5.95. The number of anilines is 1. The van der Waals surface area contributed by atoms with Gasteiger partial charge in [0.05, 0.1) is 0 Å². The second-order valence-corrected chi connectivity index (χ2v) is 4.36. The molecule has 1 rings (SSSR count). The molecule has 0 saturated carbocycles. The van der Waals surface area contributed by atoms with Crippen LogP contribution in [0.25, 0.3) is 0 Å². The highest BCUT2D eigenvalue weighted by molar-refractivity contribution is 5.91. The normalized spacial score (nSPS) is 11.7. The predicted octanol–water partition coefficient (Wildman–Crippen LogP) is 1.79. The number of hydrogen-bond donors (Lipinski definition) is 3. The Kier molecular flexibility index (Phi) is 5.17. The van der Waals surface area contributed by atoms with Crippen LogP contribution in [0.2, 0.25) is 0 Å². The topological polar surface area (TPSA) is 89.9 Å². The molecule has 0 bridgehead atoms. The minimum Gasteiger partial charge on any atom is -0.508 e. The van der Waals surface area contributed by atoms with Crippen molar-refractivity contribution in [2.45, 2.75) is 25.8 Å². The van der Waals surface area contributed by atoms with Crippen LogP contribution in [-0.2, 0) is 4.79 Å². The Morgan fingerprint density at radius 2 is 2.11 bits per heavy atom. The van der Waals surface area contributed by atoms with Gasteiger partial charge in [0, 0.05) is 31.3 Å². The number of carboxylic acid groups (broad SMARTS) is 1. The van der Waals surface area contributed by atoms with E-state index in [2.05, 4.69) is 5.32 Å². The zero-order valence-corrected chi connectivity index (χ0v) is 11.0. The first-order chi connectivity index (χ1) is 8.90. The van der Waals surface area contributed by atoms with Gasteiger partial charge >= 0.3 is 12.0 Å². The maximum atomic E-state index is 11.9. The highest BCUT2D eigenvalue weighted by Gasteiger charge is 2.14. The van der Waals surface area contributed by atoms with Gasteiger partial charge in [-0.15, -0.1) is 0 Å². The molecule has 1 aromatic carbocycles. The number of benzene rings is 1. The van der Waals surface area contributed by atoms with Crippen LogP contribution in [0.15, 0.2) is 24.3 Å². The number of nitrogens with one attached hydrogen (secondary N) is 1. The van der Waals surface area contributed by atoms with Crippen molar-refractivity contribution >= 4 is 17.7 Å². The molecule has 0 heterocycles. The maximum absolute atomic E-state index is 11.9. The van der Waals surface area contributed by atoms with Gasteiger partial charge in [0.15, 0.2) is 0 Å². The van der Waals surface area contributed by atoms with E-state index in [0.29, 0.717) is 12.1 Å². The Labute approximate surface area is 111 Å². The lowest BCUT2D eigenvalue weighted by Gasteiger charge is -2.21. The molecule has 0 radical (unpaired) electrons. The monoisotopic (exact) mass is 266 g/mol. The quantitative estimate of drug-likeness (QED) is 0.758. The van der Waals surface area contributed by atoms with E-state index in [1.807, 2.05) is 0 Å². The highest BCUT2D eigenvalue weighted by Crippen LogP contribution is 2.18. The number of phenols is 1. The number of hydrogen-bond acceptors (Lipinski definition) is 3. The SMILES string of the molecule is CC(CCC(=O)O)NC(=O)N(C)c1cccc(O)c1. The van der Waals surface area contributed by atoms with Gasteiger partial charge < -0.3 is 15.5 Å². The number of carbonyl (C=O) groups excluding carboxylic acids is 1. The summed E-state index contributed by atoms with van der Waals surface area (Å²) < 4.78 is 0. The molecule has 0 aliphatic rings. The molecule has 6 heteroatoms. The molecular formula is C13H18N2O4. The molecule has 104 valence electrons. The van der Waals surface area contributed by atoms with E-state index < -0.39 is 5.97 Å². The van der Waals surface area contributed by atoms with Gasteiger partial charge in [-0.1, -0.05) is 6.07 Å². The lowest BCUT2D eigenvalue weighted by Crippen LogP contribution is -2.42. The van der Waals surface area contributed by atoms with Crippen LogP contribution in [0.3, 0.4) is 0 Å². The summed E-state index contributed by atoms with van der Waals surface area (Å²) in [5.74, 6) is -0.807. The van der Waals surface area contributed by atoms with Crippen molar-refractivity contribution < 1.29 is 19.8 Å². The number of carboxylic acids is 1. The summed E-state index contributed by atoms with van der Waals surface area (Å²) in [6.07, 6.45) is 0.381. The average Bonchev–Trinajstić information content (AvgIpc) is 2.35. The first-order valence-corrected chi connectivity index (χ1v) is 5.95. The first kappa shape index (κ1) is 14.8. The summed E-state index contributed by atoms with van der Waals surface area (Å²) in [6.45, 7) is 1.75. The number of amides is 2. The van der Waals surface area contributed by atoms with Crippen LogP contribution < -0.4 is 10.2 Å². The summed E-state index contributed by atoms with van der Waals surface area (Å²) in [5, 5.41) is 20.6. The van der Waals surface area contributed by atoms with Crippen LogP contribution in [0.5, 0.6) is 5.75 Å². The summed E-state index contributed by atoms with van der Waals surface area (Å²) in [4.78, 5) is 23.7. The van der Waals surface area contributed by atoms with E-state index in [1.54, 1.807) is 26.1 Å². The molecule has 19 heavy (non-hydrogen) atoms. The molecule has 0 saturated heterocycles. The summed E-state index contributed by atoms with van der Waals surface area (Å²) >= 11 is 0. The van der Waals surface area contributed by atoms with Gasteiger partial charge in [-0.2, -0.15) is 0 Å². The summed E-state index contributed by atoms with van der Waals surface area (Å²) in [5.41, 5.74) is 0.558. The molecular weight excluding hydrogens is 248 g/mol. The van der Waals surface area contributed by atoms with Crippen LogP contribution in [0.1, 0.15) is 19.8 Å². The van der Waals surface area contributed by atoms with Crippen molar-refractivity contribution in [2.75, 3.05) is 11.9 Å². The van der Waals surface area contributed by atoms with Gasteiger partial charge in [-0.25, -0.2) is 4.79 Å². The van der Waals surface area contributed by atoms with Crippen molar-refractivity contribution in [1.29, 1.82) is 0 Å². The van der Waals surface area contributed by atoms with Gasteiger partial charge in [0.1, 0.15) is 5.75 Å². The number of nitrogens with zero attached hydrogens (tertiary/aromatic N) is 1. The maximum Gasteiger partial charge on any atom is 0.321 e. The second-order valence-electron chi connectivity index (χ2n) is 4.36. The van der Waals surface area contributed by atoms with E-state index in [-0.39, 0.29) is 24.2 Å². The molecule has 1 aromatic rings. The van der Waals surface area contributed by atoms with Gasteiger partial charge in [0.25, 0.3) is 0 Å². The van der Waals surface area contributed by atoms with Gasteiger partial charge in [-0.3, -0.25) is 9.69 Å². The fraction of sp³-hybridized carbons (Fsp3) is 0.385. The minimum absolute atomic E-state index is 0.0112. The lowest BCUT2D eigenvalue weighted by atomic mass is 10.2. The van der Waals surface area contributed by atoms with Crippen molar-refractivity contribution in [1.82, 2.24) is 5.32 Å². The third-order valence-electron chi connectivity index (χ3n) is 2.68. The number of carbonyl (C=O) groups is 2. The molecule has 0 fully saturated rings. The fourth-order valence-electron chi connectivity index (χ4n) is 1.54. The molecule has 0 spiro atoms. The van der Waals surface area contributed by atoms with E-state index in [4.69, 9.17) is 5.11 Å². The number of phenolic OH excluding ortho intramolecular Hbond substituents is 1. The van der Waals surface area contributed by atoms with Crippen molar-refractivity contribution in [3.05, 3.63) is 24.3 Å². The predicted molar refractivity (Wildman–Crippen MR) is 71.4 cm³/mol. The lowest BCUT2D eigenvalue weighted by molar-refractivity contribution is -0.137. The number of aromatic hydroxyl groups is 1. The van der Waals surface area contributed by atoms with E-state index in [9.17, 15) is 14.7 Å². The van der Waals surface area contributed by atoms with Crippen LogP contribution >= 0.6 is 0 Å². The minimum atomic E-state index is -0.887. The third kappa shape index (κ3) is 4.87. The molecule has 3 N–H and O–H groups in total. The Morgan fingerprint density at radius 1 is 1.42 bits per heavy atom. The molecule has 1 atom stereocenters. The number of aliphatic carboxylic acids is 1. The van der Waals surface area contributed by atoms with Crippen molar-refractivity contribution in [2.24, 2.45) is 0 Å². The zero-order valence-electron chi connectivity index (χ0n) is 11.0. The molecule has 0 aromatic heterocycles. The van der Waals surface area contributed by atoms with E-state index in [1.165, 1.54) is 17.0 Å². The second kappa shape index (κ2) is 6.63. The average molecular weight is 266 g/mol. The fourth-order valence-corrected chi connectivity index (χ4v) is 1.54. The van der Waals surface area contributed by atoms with E-state index in [0.717, 1.165) is 0 Å². The standard InChI is InChI=1S/C13H18N2O4/c1-9(6-7-12(17)18)14-13(19)15(2)10-4-3-5-11(16)8-10/h3-5,8-9,16H,6-7H2,1-2H3,(H,14,19)(H,17,18). The third-order valence-corrected chi connectivity index (χ3v) is 2.68. The smallest absolute Gasteiger partial charge is 0.321 e. The molecule has 6 nitrogen and oxygen atoms in total. The molecule has 2 amide bonds. The van der Waals surface area contributed by atoms with Crippen LogP contribution in [0.4, 0.5) is 10.5 Å². The Bertz CT molecular complexity index is 462. The highest BCUT2D eigenvalue weighted by atomic mass is 16.4. The number of urea groups is 1. The van der Waals surface area contributed by atoms with Gasteiger partial charge in [0.2, 0.25) is 0 Å². The van der Waals surface area contributed by atoms with Crippen LogP contribution in [-0.4, -0.2) is 35.3 Å². The molecule has 1 unspecified atom stereocenters. The largest absolute Gasteiger partial charge is 0.508 e. The Morgan fingerprint density at radius 3 is 2.68 bits per heavy atom. The van der Waals surface area contributed by atoms with Gasteiger partial charge in [-0.05, 0) is 25.5 Å². The van der Waals surface area contributed by atoms with Crippen molar-refractivity contribution in [3.63, 3.8) is 0 Å². The van der Waals surface area contributed by atoms with Crippen molar-refractivity contribution in [3.8, 4) is 5.75 Å². The Balaban J connectivity index is 2.55. The van der Waals surface area contributed by atoms with Crippen LogP contribution in [0, 0.1) is 0 Å². The Hall–Kier alpha value is -2.24. The molecule has 0 aliphatic carbocycles. The summed E-state index contributed by atoms with van der Waals surface area (Å²) in [7, 11) is 1.58. The number of rotatable bonds is 5. The zero-order chi connectivity index (χ0) is 14.4. The molecule has 0 aliphatic heterocycles.